The van der Waals surface area contributed by atoms with Gasteiger partial charge in [-0.1, -0.05) is 0 Å². The Balaban J connectivity index is 1.71. The van der Waals surface area contributed by atoms with Gasteiger partial charge in [0.15, 0.2) is 5.96 Å². The second-order valence-corrected chi connectivity index (χ2v) is 7.33. The highest BCUT2D eigenvalue weighted by molar-refractivity contribution is 5.80. The molecular formula is C18H37N5O. The third-order valence-corrected chi connectivity index (χ3v) is 5.41. The van der Waals surface area contributed by atoms with Crippen molar-refractivity contribution in [2.45, 2.75) is 57.7 Å². The Morgan fingerprint density at radius 3 is 2.58 bits per heavy atom. The minimum Gasteiger partial charge on any atom is -0.383 e. The molecule has 2 aliphatic heterocycles. The molecule has 1 unspecified atom stereocenters. The van der Waals surface area contributed by atoms with Crippen LogP contribution in [0.25, 0.3) is 0 Å². The molecule has 0 amide bonds. The zero-order valence-corrected chi connectivity index (χ0v) is 16.1. The van der Waals surface area contributed by atoms with Crippen LogP contribution in [0.1, 0.15) is 39.5 Å². The summed E-state index contributed by atoms with van der Waals surface area (Å²) < 4.78 is 5.22. The summed E-state index contributed by atoms with van der Waals surface area (Å²) in [7, 11) is 3.65. The predicted octanol–water partition coefficient (Wildman–Crippen LogP) is 1.14. The molecule has 0 aliphatic carbocycles. The van der Waals surface area contributed by atoms with Gasteiger partial charge in [0.05, 0.1) is 6.61 Å². The standard InChI is InChI=1S/C18H37N5O/c1-15(2)22-10-7-16(8-11-22)21-18(19-3)20-14-17-6-5-9-23(17)12-13-24-4/h15-17H,5-14H2,1-4H3,(H2,19,20,21). The second kappa shape index (κ2) is 10.2. The number of piperidine rings is 1. The zero-order chi connectivity index (χ0) is 17.4. The number of nitrogens with zero attached hydrogens (tertiary/aromatic N) is 3. The molecule has 0 saturated carbocycles. The van der Waals surface area contributed by atoms with Crippen LogP contribution >= 0.6 is 0 Å². The normalized spacial score (nSPS) is 24.7. The Bertz CT molecular complexity index is 380. The third-order valence-electron chi connectivity index (χ3n) is 5.41. The first-order chi connectivity index (χ1) is 11.6. The first kappa shape index (κ1) is 19.5. The van der Waals surface area contributed by atoms with Crippen LogP contribution in [0, 0.1) is 0 Å². The second-order valence-electron chi connectivity index (χ2n) is 7.33. The van der Waals surface area contributed by atoms with Gasteiger partial charge in [0, 0.05) is 58.5 Å². The average Bonchev–Trinajstić information content (AvgIpc) is 3.04. The van der Waals surface area contributed by atoms with Gasteiger partial charge in [-0.2, -0.15) is 0 Å². The SMILES string of the molecule is CN=C(NCC1CCCN1CCOC)NC1CCN(C(C)C)CC1. The average molecular weight is 340 g/mol. The van der Waals surface area contributed by atoms with Gasteiger partial charge in [-0.3, -0.25) is 9.89 Å². The van der Waals surface area contributed by atoms with Gasteiger partial charge in [0.1, 0.15) is 0 Å². The molecule has 2 N–H and O–H groups in total. The summed E-state index contributed by atoms with van der Waals surface area (Å²) in [6, 6.07) is 1.80. The Morgan fingerprint density at radius 1 is 1.21 bits per heavy atom. The van der Waals surface area contributed by atoms with Crippen LogP contribution in [0.4, 0.5) is 0 Å². The van der Waals surface area contributed by atoms with Crippen molar-refractivity contribution in [3.05, 3.63) is 0 Å². The van der Waals surface area contributed by atoms with Crippen molar-refractivity contribution >= 4 is 5.96 Å². The number of nitrogens with one attached hydrogen (secondary N) is 2. The van der Waals surface area contributed by atoms with Gasteiger partial charge in [-0.25, -0.2) is 0 Å². The first-order valence-corrected chi connectivity index (χ1v) is 9.58. The van der Waals surface area contributed by atoms with Crippen LogP contribution in [-0.4, -0.2) is 87.4 Å². The van der Waals surface area contributed by atoms with Crippen LogP contribution in [0.2, 0.25) is 0 Å². The maximum absolute atomic E-state index is 5.22. The monoisotopic (exact) mass is 339 g/mol. The fraction of sp³-hybridized carbons (Fsp3) is 0.944. The lowest BCUT2D eigenvalue weighted by Crippen LogP contribution is -2.51. The fourth-order valence-corrected chi connectivity index (χ4v) is 3.79. The van der Waals surface area contributed by atoms with Crippen molar-refractivity contribution < 1.29 is 4.74 Å². The topological polar surface area (TPSA) is 52.1 Å². The molecule has 6 heteroatoms. The van der Waals surface area contributed by atoms with Crippen LogP contribution in [0.15, 0.2) is 4.99 Å². The molecular weight excluding hydrogens is 302 g/mol. The van der Waals surface area contributed by atoms with Crippen LogP contribution in [-0.2, 0) is 4.74 Å². The number of likely N-dealkylation sites (tertiary alicyclic amines) is 2. The predicted molar refractivity (Wildman–Crippen MR) is 101 cm³/mol. The Kier molecular flexibility index (Phi) is 8.29. The van der Waals surface area contributed by atoms with E-state index in [4.69, 9.17) is 4.74 Å². The number of hydrogen-bond acceptors (Lipinski definition) is 4. The Morgan fingerprint density at radius 2 is 1.96 bits per heavy atom. The van der Waals surface area contributed by atoms with E-state index in [2.05, 4.69) is 39.3 Å². The smallest absolute Gasteiger partial charge is 0.191 e. The van der Waals surface area contributed by atoms with Crippen molar-refractivity contribution in [2.75, 3.05) is 53.5 Å². The molecule has 2 saturated heterocycles. The first-order valence-electron chi connectivity index (χ1n) is 9.58. The molecule has 1 atom stereocenters. The van der Waals surface area contributed by atoms with E-state index in [1.165, 1.54) is 45.3 Å². The van der Waals surface area contributed by atoms with Gasteiger partial charge < -0.3 is 20.3 Å². The van der Waals surface area contributed by atoms with Crippen LogP contribution < -0.4 is 10.6 Å². The van der Waals surface area contributed by atoms with Crippen molar-refractivity contribution in [2.24, 2.45) is 4.99 Å². The molecule has 140 valence electrons. The molecule has 2 rings (SSSR count). The minimum absolute atomic E-state index is 0.541. The minimum atomic E-state index is 0.541. The molecule has 0 aromatic carbocycles. The summed E-state index contributed by atoms with van der Waals surface area (Å²) in [5.74, 6) is 0.955. The van der Waals surface area contributed by atoms with E-state index in [9.17, 15) is 0 Å². The molecule has 0 aromatic heterocycles. The largest absolute Gasteiger partial charge is 0.383 e. The van der Waals surface area contributed by atoms with E-state index < -0.39 is 0 Å². The molecule has 0 radical (unpaired) electrons. The van der Waals surface area contributed by atoms with Gasteiger partial charge in [0.25, 0.3) is 0 Å². The van der Waals surface area contributed by atoms with Crippen LogP contribution in [0.3, 0.4) is 0 Å². The van der Waals surface area contributed by atoms with E-state index >= 15 is 0 Å². The Labute approximate surface area is 148 Å². The molecule has 2 fully saturated rings. The molecule has 2 aliphatic rings. The number of aliphatic imine (C=N–C) groups is 1. The molecule has 0 bridgehead atoms. The maximum atomic E-state index is 5.22. The molecule has 24 heavy (non-hydrogen) atoms. The summed E-state index contributed by atoms with van der Waals surface area (Å²) >= 11 is 0. The van der Waals surface area contributed by atoms with Crippen molar-refractivity contribution in [3.63, 3.8) is 0 Å². The summed E-state index contributed by atoms with van der Waals surface area (Å²) in [6.45, 7) is 10.9. The van der Waals surface area contributed by atoms with Gasteiger partial charge >= 0.3 is 0 Å². The highest BCUT2D eigenvalue weighted by atomic mass is 16.5. The molecule has 0 spiro atoms. The highest BCUT2D eigenvalue weighted by Gasteiger charge is 2.25. The maximum Gasteiger partial charge on any atom is 0.191 e. The quantitative estimate of drug-likeness (QED) is 0.538. The Hall–Kier alpha value is -0.850. The van der Waals surface area contributed by atoms with Crippen molar-refractivity contribution in [3.8, 4) is 0 Å². The summed E-state index contributed by atoms with van der Waals surface area (Å²) in [5.41, 5.74) is 0. The summed E-state index contributed by atoms with van der Waals surface area (Å²) in [5, 5.41) is 7.16. The highest BCUT2D eigenvalue weighted by Crippen LogP contribution is 2.16. The number of ether oxygens (including phenoxy) is 1. The van der Waals surface area contributed by atoms with E-state index in [-0.39, 0.29) is 0 Å². The lowest BCUT2D eigenvalue weighted by atomic mass is 10.0. The van der Waals surface area contributed by atoms with E-state index in [1.807, 2.05) is 7.05 Å². The van der Waals surface area contributed by atoms with E-state index in [0.717, 1.165) is 25.7 Å². The van der Waals surface area contributed by atoms with Crippen LogP contribution in [0.5, 0.6) is 0 Å². The summed E-state index contributed by atoms with van der Waals surface area (Å²) in [6.07, 6.45) is 4.95. The molecule has 2 heterocycles. The number of rotatable bonds is 7. The number of guanidine groups is 1. The van der Waals surface area contributed by atoms with Gasteiger partial charge in [-0.15, -0.1) is 0 Å². The fourth-order valence-electron chi connectivity index (χ4n) is 3.79. The van der Waals surface area contributed by atoms with Crippen molar-refractivity contribution in [1.82, 2.24) is 20.4 Å². The van der Waals surface area contributed by atoms with E-state index in [1.54, 1.807) is 7.11 Å². The van der Waals surface area contributed by atoms with Gasteiger partial charge in [0.2, 0.25) is 0 Å². The number of hydrogen-bond donors (Lipinski definition) is 2. The van der Waals surface area contributed by atoms with Gasteiger partial charge in [-0.05, 0) is 46.1 Å². The molecule has 0 aromatic rings. The van der Waals surface area contributed by atoms with E-state index in [0.29, 0.717) is 18.1 Å². The van der Waals surface area contributed by atoms with Crippen molar-refractivity contribution in [1.29, 1.82) is 0 Å². The molecule has 6 nitrogen and oxygen atoms in total. The lowest BCUT2D eigenvalue weighted by Gasteiger charge is -2.35. The zero-order valence-electron chi connectivity index (χ0n) is 16.1. The summed E-state index contributed by atoms with van der Waals surface area (Å²) in [4.78, 5) is 9.51. The number of methoxy groups -OCH3 is 1. The third kappa shape index (κ3) is 5.90. The lowest BCUT2D eigenvalue weighted by molar-refractivity contribution is 0.141.